The Morgan fingerprint density at radius 2 is 0.930 bits per heavy atom. The summed E-state index contributed by atoms with van der Waals surface area (Å²) in [5.74, 6) is -1.04. The van der Waals surface area contributed by atoms with Crippen molar-refractivity contribution in [3.63, 3.8) is 0 Å². The van der Waals surface area contributed by atoms with Gasteiger partial charge in [-0.15, -0.1) is 0 Å². The number of amides is 2. The van der Waals surface area contributed by atoms with Gasteiger partial charge in [-0.05, 0) is 12.1 Å². The summed E-state index contributed by atoms with van der Waals surface area (Å²) in [7, 11) is 0. The van der Waals surface area contributed by atoms with Gasteiger partial charge in [0.25, 0.3) is 11.8 Å². The molecular formula is C34H29BrKNO6. The van der Waals surface area contributed by atoms with Crippen LogP contribution in [0.2, 0.25) is 0 Å². The standard InChI is InChI=1S/C16H11NO3.C9H6O2.C8H7BrO.CH4.K.H/c18-14(11-6-2-1-3-7-11)10-17-15(19)12-8-4-5-9-13(12)16(17)20;10-8-5-9(11)7-4-2-1-3-6(7)8;9-6-8(10)7-4-2-1-3-5-7;;;/h1-9H,10H2;1-4H,5H2;1-5H,6H2;1H4;;/q;;;;+1;-1. The number of Topliss-reactive ketones (excluding diaryl/α,β-unsaturated/α-hetero) is 4. The Morgan fingerprint density at radius 1 is 0.581 bits per heavy atom. The van der Waals surface area contributed by atoms with E-state index in [0.717, 1.165) is 10.5 Å². The second kappa shape index (κ2) is 17.2. The van der Waals surface area contributed by atoms with Crippen molar-refractivity contribution in [1.82, 2.24) is 4.90 Å². The van der Waals surface area contributed by atoms with E-state index in [-0.39, 0.29) is 96.3 Å². The van der Waals surface area contributed by atoms with Crippen LogP contribution in [0.5, 0.6) is 0 Å². The Balaban J connectivity index is 0.000000346. The monoisotopic (exact) mass is 665 g/mol. The van der Waals surface area contributed by atoms with Gasteiger partial charge in [-0.3, -0.25) is 33.7 Å². The number of ketones is 4. The summed E-state index contributed by atoms with van der Waals surface area (Å²) in [6.07, 6.45) is 0.0549. The summed E-state index contributed by atoms with van der Waals surface area (Å²) in [6, 6.07) is 31.4. The van der Waals surface area contributed by atoms with E-state index in [2.05, 4.69) is 15.9 Å². The smallest absolute Gasteiger partial charge is 1.00 e. The average molecular weight is 667 g/mol. The second-order valence-electron chi connectivity index (χ2n) is 9.02. The van der Waals surface area contributed by atoms with Crippen LogP contribution >= 0.6 is 15.9 Å². The first-order valence-corrected chi connectivity index (χ1v) is 13.8. The van der Waals surface area contributed by atoms with Crippen LogP contribution in [0.15, 0.2) is 109 Å². The maximum atomic E-state index is 12.1. The van der Waals surface area contributed by atoms with E-state index in [1.165, 1.54) is 0 Å². The van der Waals surface area contributed by atoms with Crippen LogP contribution in [-0.2, 0) is 0 Å². The number of fused-ring (bicyclic) bond motifs is 2. The number of benzene rings is 4. The van der Waals surface area contributed by atoms with Crippen LogP contribution < -0.4 is 51.4 Å². The van der Waals surface area contributed by atoms with Gasteiger partial charge in [-0.2, -0.15) is 0 Å². The van der Waals surface area contributed by atoms with Gasteiger partial charge < -0.3 is 1.43 Å². The molecule has 0 N–H and O–H groups in total. The number of nitrogens with zero attached hydrogens (tertiary/aromatic N) is 1. The fourth-order valence-electron chi connectivity index (χ4n) is 4.25. The summed E-state index contributed by atoms with van der Waals surface area (Å²) in [5, 5.41) is 0.400. The average Bonchev–Trinajstić information content (AvgIpc) is 3.45. The molecule has 1 heterocycles. The maximum Gasteiger partial charge on any atom is 1.00 e. The van der Waals surface area contributed by atoms with Gasteiger partial charge in [0, 0.05) is 22.3 Å². The molecule has 2 amide bonds. The molecule has 43 heavy (non-hydrogen) atoms. The Labute approximate surface area is 302 Å². The zero-order valence-corrected chi connectivity index (χ0v) is 27.5. The summed E-state index contributed by atoms with van der Waals surface area (Å²) in [5.41, 5.74) is 3.13. The van der Waals surface area contributed by atoms with Crippen molar-refractivity contribution in [2.75, 3.05) is 11.9 Å². The Kier molecular flexibility index (Phi) is 14.4. The number of carbonyl (C=O) groups excluding carboxylic acids is 6. The zero-order valence-electron chi connectivity index (χ0n) is 23.8. The van der Waals surface area contributed by atoms with Gasteiger partial charge in [0.15, 0.2) is 23.1 Å². The van der Waals surface area contributed by atoms with Gasteiger partial charge in [0.1, 0.15) is 0 Å². The molecule has 0 bridgehead atoms. The van der Waals surface area contributed by atoms with Crippen molar-refractivity contribution in [1.29, 1.82) is 0 Å². The van der Waals surface area contributed by atoms with E-state index in [0.29, 0.717) is 33.1 Å². The molecule has 214 valence electrons. The van der Waals surface area contributed by atoms with Crippen molar-refractivity contribution in [3.8, 4) is 0 Å². The predicted octanol–water partition coefficient (Wildman–Crippen LogP) is 3.64. The van der Waals surface area contributed by atoms with E-state index in [1.54, 1.807) is 78.9 Å². The summed E-state index contributed by atoms with van der Waals surface area (Å²) >= 11 is 3.10. The molecule has 0 atom stereocenters. The third-order valence-corrected chi connectivity index (χ3v) is 6.85. The first-order valence-electron chi connectivity index (χ1n) is 12.6. The van der Waals surface area contributed by atoms with Crippen LogP contribution in [-0.4, -0.2) is 51.7 Å². The molecule has 0 saturated heterocycles. The molecule has 0 fully saturated rings. The van der Waals surface area contributed by atoms with Crippen molar-refractivity contribution in [3.05, 3.63) is 143 Å². The Bertz CT molecular complexity index is 1580. The third kappa shape index (κ3) is 8.92. The molecule has 2 aliphatic rings. The van der Waals surface area contributed by atoms with Gasteiger partial charge in [-0.25, -0.2) is 0 Å². The Hall–Kier alpha value is -3.18. The first-order chi connectivity index (χ1) is 19.8. The number of alkyl halides is 1. The number of carbonyl (C=O) groups is 6. The van der Waals surface area contributed by atoms with Crippen molar-refractivity contribution in [2.24, 2.45) is 0 Å². The molecule has 1 aliphatic heterocycles. The van der Waals surface area contributed by atoms with Crippen LogP contribution in [0, 0.1) is 0 Å². The van der Waals surface area contributed by atoms with E-state index in [1.807, 2.05) is 30.3 Å². The molecule has 4 aromatic carbocycles. The molecular weight excluding hydrogens is 637 g/mol. The number of rotatable bonds is 5. The second-order valence-corrected chi connectivity index (χ2v) is 9.58. The van der Waals surface area contributed by atoms with Crippen molar-refractivity contribution in [2.45, 2.75) is 13.8 Å². The molecule has 0 spiro atoms. The van der Waals surface area contributed by atoms with Crippen LogP contribution in [0.3, 0.4) is 0 Å². The summed E-state index contributed by atoms with van der Waals surface area (Å²) in [6.45, 7) is -0.226. The summed E-state index contributed by atoms with van der Waals surface area (Å²) in [4.78, 5) is 70.4. The molecule has 4 aromatic rings. The van der Waals surface area contributed by atoms with Gasteiger partial charge in [0.05, 0.1) is 29.4 Å². The molecule has 7 nitrogen and oxygen atoms in total. The van der Waals surface area contributed by atoms with Crippen LogP contribution in [0.4, 0.5) is 0 Å². The number of halogens is 1. The quantitative estimate of drug-likeness (QED) is 0.106. The molecule has 6 rings (SSSR count). The van der Waals surface area contributed by atoms with Gasteiger partial charge in [-0.1, -0.05) is 120 Å². The van der Waals surface area contributed by atoms with Crippen molar-refractivity contribution >= 4 is 50.9 Å². The van der Waals surface area contributed by atoms with Gasteiger partial charge >= 0.3 is 51.4 Å². The number of imide groups is 1. The maximum absolute atomic E-state index is 12.1. The van der Waals surface area contributed by atoms with Crippen LogP contribution in [0.1, 0.15) is 77.4 Å². The van der Waals surface area contributed by atoms with E-state index < -0.39 is 11.8 Å². The number of hydrogen-bond acceptors (Lipinski definition) is 6. The third-order valence-electron chi connectivity index (χ3n) is 6.34. The number of hydrogen-bond donors (Lipinski definition) is 0. The molecule has 0 radical (unpaired) electrons. The molecule has 1 aliphatic carbocycles. The van der Waals surface area contributed by atoms with Gasteiger partial charge in [0.2, 0.25) is 0 Å². The molecule has 0 aromatic heterocycles. The molecule has 0 saturated carbocycles. The normalized spacial score (nSPS) is 12.3. The van der Waals surface area contributed by atoms with E-state index in [4.69, 9.17) is 0 Å². The molecule has 9 heteroatoms. The topological polar surface area (TPSA) is 106 Å². The Morgan fingerprint density at radius 3 is 1.33 bits per heavy atom. The molecule has 0 unspecified atom stereocenters. The first kappa shape index (κ1) is 36.0. The van der Waals surface area contributed by atoms with E-state index >= 15 is 0 Å². The SMILES string of the molecule is C.O=C(CBr)c1ccccc1.O=C(CN1C(=O)c2ccccc2C1=O)c1ccccc1.O=C1CC(=O)c2ccccc21.[H-].[K+]. The van der Waals surface area contributed by atoms with E-state index in [9.17, 15) is 28.8 Å². The predicted molar refractivity (Wildman–Crippen MR) is 165 cm³/mol. The minimum atomic E-state index is -0.408. The summed E-state index contributed by atoms with van der Waals surface area (Å²) < 4.78 is 0. The fraction of sp³-hybridized carbons (Fsp3) is 0.118. The van der Waals surface area contributed by atoms with Crippen molar-refractivity contribution < 1.29 is 81.6 Å². The van der Waals surface area contributed by atoms with Crippen LogP contribution in [0.25, 0.3) is 0 Å². The minimum Gasteiger partial charge on any atom is -1.00 e. The zero-order chi connectivity index (χ0) is 29.4. The largest absolute Gasteiger partial charge is 1.00 e. The minimum absolute atomic E-state index is 0. The fourth-order valence-corrected chi connectivity index (χ4v) is 4.57.